The molecule has 0 aromatic heterocycles. The van der Waals surface area contributed by atoms with Crippen molar-refractivity contribution in [3.05, 3.63) is 0 Å². The molecule has 0 aliphatic heterocycles. The normalized spacial score (nSPS) is 12.0. The molecule has 0 rings (SSSR count). The van der Waals surface area contributed by atoms with Crippen LogP contribution in [0.5, 0.6) is 0 Å². The standard InChI is InChI=1S/C8H19NO/c1-5-10-7-6-9-8(2,3)4/h9H,5-7H2,1-4H3. The molecule has 0 saturated carbocycles. The Balaban J connectivity index is 3.04. The summed E-state index contributed by atoms with van der Waals surface area (Å²) in [6, 6.07) is 0. The summed E-state index contributed by atoms with van der Waals surface area (Å²) in [5.41, 5.74) is 0.219. The molecule has 10 heavy (non-hydrogen) atoms. The van der Waals surface area contributed by atoms with E-state index in [0.29, 0.717) is 0 Å². The Bertz CT molecular complexity index is 75.8. The molecule has 0 aliphatic rings. The van der Waals surface area contributed by atoms with E-state index in [4.69, 9.17) is 4.74 Å². The van der Waals surface area contributed by atoms with Crippen LogP contribution in [0.25, 0.3) is 0 Å². The van der Waals surface area contributed by atoms with E-state index >= 15 is 0 Å². The van der Waals surface area contributed by atoms with E-state index < -0.39 is 0 Å². The summed E-state index contributed by atoms with van der Waals surface area (Å²) in [6.45, 7) is 11.0. The summed E-state index contributed by atoms with van der Waals surface area (Å²) in [7, 11) is 0. The lowest BCUT2D eigenvalue weighted by molar-refractivity contribution is 0.143. The van der Waals surface area contributed by atoms with Gasteiger partial charge in [-0.3, -0.25) is 0 Å². The zero-order chi connectivity index (χ0) is 8.04. The van der Waals surface area contributed by atoms with Crippen LogP contribution in [0.2, 0.25) is 0 Å². The maximum atomic E-state index is 5.17. The molecule has 0 aromatic rings. The van der Waals surface area contributed by atoms with E-state index in [1.807, 2.05) is 6.92 Å². The number of rotatable bonds is 4. The molecule has 62 valence electrons. The third-order valence-corrected chi connectivity index (χ3v) is 1.11. The monoisotopic (exact) mass is 145 g/mol. The third-order valence-electron chi connectivity index (χ3n) is 1.11. The van der Waals surface area contributed by atoms with Gasteiger partial charge in [-0.15, -0.1) is 0 Å². The topological polar surface area (TPSA) is 21.3 Å². The molecular formula is C8H19NO. The van der Waals surface area contributed by atoms with E-state index in [9.17, 15) is 0 Å². The highest BCUT2D eigenvalue weighted by Crippen LogP contribution is 1.96. The molecule has 0 amide bonds. The second-order valence-electron chi connectivity index (χ2n) is 3.37. The molecule has 0 aromatic carbocycles. The SMILES string of the molecule is CCOCCNC(C)(C)C. The Morgan fingerprint density at radius 1 is 1.30 bits per heavy atom. The van der Waals surface area contributed by atoms with E-state index in [-0.39, 0.29) is 5.54 Å². The average Bonchev–Trinajstić information content (AvgIpc) is 1.78. The fourth-order valence-electron chi connectivity index (χ4n) is 0.643. The number of hydrogen-bond donors (Lipinski definition) is 1. The summed E-state index contributed by atoms with van der Waals surface area (Å²) in [5, 5.41) is 3.33. The summed E-state index contributed by atoms with van der Waals surface area (Å²) in [4.78, 5) is 0. The molecule has 0 fully saturated rings. The minimum atomic E-state index is 0.219. The summed E-state index contributed by atoms with van der Waals surface area (Å²) in [6.07, 6.45) is 0. The summed E-state index contributed by atoms with van der Waals surface area (Å²) in [5.74, 6) is 0. The quantitative estimate of drug-likeness (QED) is 0.604. The van der Waals surface area contributed by atoms with Gasteiger partial charge in [0.2, 0.25) is 0 Å². The fraction of sp³-hybridized carbons (Fsp3) is 1.00. The summed E-state index contributed by atoms with van der Waals surface area (Å²) >= 11 is 0. The molecule has 1 N–H and O–H groups in total. The van der Waals surface area contributed by atoms with Gasteiger partial charge in [-0.2, -0.15) is 0 Å². The number of nitrogens with one attached hydrogen (secondary N) is 1. The van der Waals surface area contributed by atoms with Crippen LogP contribution in [-0.4, -0.2) is 25.3 Å². The Kier molecular flexibility index (Phi) is 4.65. The van der Waals surface area contributed by atoms with Crippen LogP contribution in [0.3, 0.4) is 0 Å². The Morgan fingerprint density at radius 3 is 2.30 bits per heavy atom. The highest BCUT2D eigenvalue weighted by atomic mass is 16.5. The highest BCUT2D eigenvalue weighted by molar-refractivity contribution is 4.69. The van der Waals surface area contributed by atoms with Gasteiger partial charge in [0.1, 0.15) is 0 Å². The van der Waals surface area contributed by atoms with E-state index in [2.05, 4.69) is 26.1 Å². The fourth-order valence-corrected chi connectivity index (χ4v) is 0.643. The first-order valence-corrected chi connectivity index (χ1v) is 3.89. The van der Waals surface area contributed by atoms with Crippen LogP contribution in [-0.2, 0) is 4.74 Å². The molecular weight excluding hydrogens is 126 g/mol. The van der Waals surface area contributed by atoms with Crippen molar-refractivity contribution in [1.29, 1.82) is 0 Å². The van der Waals surface area contributed by atoms with Crippen molar-refractivity contribution >= 4 is 0 Å². The Labute approximate surface area is 64.0 Å². The predicted molar refractivity (Wildman–Crippen MR) is 44.2 cm³/mol. The van der Waals surface area contributed by atoms with Crippen molar-refractivity contribution < 1.29 is 4.74 Å². The van der Waals surface area contributed by atoms with Crippen LogP contribution in [0, 0.1) is 0 Å². The van der Waals surface area contributed by atoms with Gasteiger partial charge >= 0.3 is 0 Å². The van der Waals surface area contributed by atoms with Gasteiger partial charge in [0.15, 0.2) is 0 Å². The number of hydrogen-bond acceptors (Lipinski definition) is 2. The smallest absolute Gasteiger partial charge is 0.0590 e. The molecule has 0 spiro atoms. The van der Waals surface area contributed by atoms with Gasteiger partial charge in [0, 0.05) is 18.7 Å². The molecule has 0 bridgehead atoms. The van der Waals surface area contributed by atoms with Crippen LogP contribution in [0.1, 0.15) is 27.7 Å². The van der Waals surface area contributed by atoms with E-state index in [0.717, 1.165) is 19.8 Å². The zero-order valence-corrected chi connectivity index (χ0v) is 7.53. The molecule has 0 unspecified atom stereocenters. The largest absolute Gasteiger partial charge is 0.380 e. The number of ether oxygens (including phenoxy) is 1. The Hall–Kier alpha value is -0.0800. The van der Waals surface area contributed by atoms with Gasteiger partial charge < -0.3 is 10.1 Å². The van der Waals surface area contributed by atoms with Crippen LogP contribution >= 0.6 is 0 Å². The first-order valence-electron chi connectivity index (χ1n) is 3.89. The Morgan fingerprint density at radius 2 is 1.90 bits per heavy atom. The zero-order valence-electron chi connectivity index (χ0n) is 7.53. The molecule has 2 heteroatoms. The third kappa shape index (κ3) is 7.92. The van der Waals surface area contributed by atoms with Gasteiger partial charge in [0.25, 0.3) is 0 Å². The lowest BCUT2D eigenvalue weighted by Crippen LogP contribution is -2.37. The highest BCUT2D eigenvalue weighted by Gasteiger charge is 2.06. The van der Waals surface area contributed by atoms with Crippen molar-refractivity contribution in [3.63, 3.8) is 0 Å². The first kappa shape index (κ1) is 9.92. The van der Waals surface area contributed by atoms with Gasteiger partial charge in [-0.05, 0) is 27.7 Å². The van der Waals surface area contributed by atoms with Crippen molar-refractivity contribution in [2.45, 2.75) is 33.2 Å². The van der Waals surface area contributed by atoms with Crippen LogP contribution in [0.15, 0.2) is 0 Å². The summed E-state index contributed by atoms with van der Waals surface area (Å²) < 4.78 is 5.17. The minimum Gasteiger partial charge on any atom is -0.380 e. The predicted octanol–water partition coefficient (Wildman–Crippen LogP) is 1.41. The van der Waals surface area contributed by atoms with Gasteiger partial charge in [-0.25, -0.2) is 0 Å². The second-order valence-corrected chi connectivity index (χ2v) is 3.37. The second kappa shape index (κ2) is 4.69. The van der Waals surface area contributed by atoms with E-state index in [1.165, 1.54) is 0 Å². The van der Waals surface area contributed by atoms with Crippen molar-refractivity contribution in [2.24, 2.45) is 0 Å². The van der Waals surface area contributed by atoms with Crippen molar-refractivity contribution in [1.82, 2.24) is 5.32 Å². The van der Waals surface area contributed by atoms with Crippen molar-refractivity contribution in [2.75, 3.05) is 19.8 Å². The van der Waals surface area contributed by atoms with Crippen molar-refractivity contribution in [3.8, 4) is 0 Å². The van der Waals surface area contributed by atoms with E-state index in [1.54, 1.807) is 0 Å². The van der Waals surface area contributed by atoms with Crippen LogP contribution < -0.4 is 5.32 Å². The maximum absolute atomic E-state index is 5.17. The molecule has 0 heterocycles. The lowest BCUT2D eigenvalue weighted by Gasteiger charge is -2.20. The van der Waals surface area contributed by atoms with Gasteiger partial charge in [0.05, 0.1) is 6.61 Å². The molecule has 0 aliphatic carbocycles. The lowest BCUT2D eigenvalue weighted by atomic mass is 10.1. The molecule has 0 radical (unpaired) electrons. The first-order chi connectivity index (χ1) is 4.56. The molecule has 0 saturated heterocycles. The molecule has 0 atom stereocenters. The maximum Gasteiger partial charge on any atom is 0.0590 e. The van der Waals surface area contributed by atoms with Gasteiger partial charge in [-0.1, -0.05) is 0 Å². The molecule has 2 nitrogen and oxygen atoms in total. The van der Waals surface area contributed by atoms with Crippen LogP contribution in [0.4, 0.5) is 0 Å². The minimum absolute atomic E-state index is 0.219. The average molecular weight is 145 g/mol.